The van der Waals surface area contributed by atoms with Crippen LogP contribution in [0.4, 0.5) is 11.4 Å². The Morgan fingerprint density at radius 3 is 2.68 bits per heavy atom. The molecule has 2 heterocycles. The van der Waals surface area contributed by atoms with E-state index in [1.165, 1.54) is 0 Å². The van der Waals surface area contributed by atoms with Crippen LogP contribution in [-0.4, -0.2) is 34.5 Å². The number of hydrogen-bond donors (Lipinski definition) is 1. The van der Waals surface area contributed by atoms with Crippen molar-refractivity contribution in [3.63, 3.8) is 0 Å². The molecule has 160 valence electrons. The Hall–Kier alpha value is -3.61. The van der Waals surface area contributed by atoms with Gasteiger partial charge in [0.1, 0.15) is 11.6 Å². The zero-order chi connectivity index (χ0) is 21.8. The van der Waals surface area contributed by atoms with Crippen molar-refractivity contribution in [3.05, 3.63) is 72.3 Å². The lowest BCUT2D eigenvalue weighted by atomic mass is 10.1. The number of hydrogen-bond acceptors (Lipinski definition) is 4. The van der Waals surface area contributed by atoms with Crippen molar-refractivity contribution in [2.45, 2.75) is 26.8 Å². The van der Waals surface area contributed by atoms with Gasteiger partial charge < -0.3 is 19.5 Å². The lowest BCUT2D eigenvalue weighted by Gasteiger charge is -2.20. The van der Waals surface area contributed by atoms with Gasteiger partial charge in [0.05, 0.1) is 18.2 Å². The molecule has 31 heavy (non-hydrogen) atoms. The quantitative estimate of drug-likeness (QED) is 0.636. The standard InChI is InChI=1S/C24H26N4O3/c1-3-31-22-7-5-4-6-21(22)28-16-19(14-23(28)29)24(30)26-20-10-8-18(9-11-20)15-27-13-12-25-17(27)2/h4-13,19H,3,14-16H2,1-2H3,(H,26,30). The number of carbonyl (C=O) groups is 2. The summed E-state index contributed by atoms with van der Waals surface area (Å²) in [4.78, 5) is 31.3. The van der Waals surface area contributed by atoms with E-state index in [1.54, 1.807) is 11.1 Å². The fourth-order valence-corrected chi connectivity index (χ4v) is 3.78. The molecule has 1 unspecified atom stereocenters. The molecular weight excluding hydrogens is 392 g/mol. The molecule has 0 saturated carbocycles. The molecular formula is C24H26N4O3. The summed E-state index contributed by atoms with van der Waals surface area (Å²) in [6.07, 6.45) is 3.91. The van der Waals surface area contributed by atoms with Crippen LogP contribution in [0, 0.1) is 12.8 Å². The summed E-state index contributed by atoms with van der Waals surface area (Å²) in [6.45, 7) is 5.45. The zero-order valence-corrected chi connectivity index (χ0v) is 17.7. The van der Waals surface area contributed by atoms with Gasteiger partial charge in [-0.2, -0.15) is 0 Å². The average molecular weight is 418 g/mol. The second-order valence-electron chi connectivity index (χ2n) is 7.59. The van der Waals surface area contributed by atoms with Gasteiger partial charge in [-0.15, -0.1) is 0 Å². The molecule has 3 aromatic rings. The molecule has 7 nitrogen and oxygen atoms in total. The summed E-state index contributed by atoms with van der Waals surface area (Å²) in [6, 6.07) is 15.2. The van der Waals surface area contributed by atoms with Crippen LogP contribution in [0.1, 0.15) is 24.7 Å². The number of benzene rings is 2. The summed E-state index contributed by atoms with van der Waals surface area (Å²) < 4.78 is 7.71. The van der Waals surface area contributed by atoms with Gasteiger partial charge in [-0.1, -0.05) is 24.3 Å². The van der Waals surface area contributed by atoms with E-state index in [-0.39, 0.29) is 18.2 Å². The zero-order valence-electron chi connectivity index (χ0n) is 17.7. The Balaban J connectivity index is 1.39. The van der Waals surface area contributed by atoms with Gasteiger partial charge in [0, 0.05) is 37.6 Å². The van der Waals surface area contributed by atoms with Crippen molar-refractivity contribution in [2.75, 3.05) is 23.4 Å². The number of nitrogens with zero attached hydrogens (tertiary/aromatic N) is 3. The highest BCUT2D eigenvalue weighted by Crippen LogP contribution is 2.33. The summed E-state index contributed by atoms with van der Waals surface area (Å²) in [5, 5.41) is 2.95. The summed E-state index contributed by atoms with van der Waals surface area (Å²) in [7, 11) is 0. The first-order valence-electron chi connectivity index (χ1n) is 10.4. The Morgan fingerprint density at radius 2 is 1.97 bits per heavy atom. The maximum Gasteiger partial charge on any atom is 0.229 e. The number of aromatic nitrogens is 2. The van der Waals surface area contributed by atoms with Crippen molar-refractivity contribution in [1.82, 2.24) is 9.55 Å². The van der Waals surface area contributed by atoms with Crippen molar-refractivity contribution in [2.24, 2.45) is 5.92 Å². The number of para-hydroxylation sites is 2. The third-order valence-electron chi connectivity index (χ3n) is 5.45. The largest absolute Gasteiger partial charge is 0.492 e. The van der Waals surface area contributed by atoms with E-state index in [0.717, 1.165) is 23.6 Å². The normalized spacial score (nSPS) is 15.9. The van der Waals surface area contributed by atoms with E-state index < -0.39 is 5.92 Å². The molecule has 0 spiro atoms. The average Bonchev–Trinajstić information content (AvgIpc) is 3.35. The molecule has 0 aliphatic carbocycles. The minimum absolute atomic E-state index is 0.0710. The van der Waals surface area contributed by atoms with Gasteiger partial charge in [-0.25, -0.2) is 4.98 Å². The minimum atomic E-state index is -0.407. The number of imidazole rings is 1. The smallest absolute Gasteiger partial charge is 0.229 e. The number of nitrogens with one attached hydrogen (secondary N) is 1. The highest BCUT2D eigenvalue weighted by molar-refractivity contribution is 6.04. The van der Waals surface area contributed by atoms with Gasteiger partial charge in [0.2, 0.25) is 11.8 Å². The van der Waals surface area contributed by atoms with E-state index in [9.17, 15) is 9.59 Å². The molecule has 2 amide bonds. The van der Waals surface area contributed by atoms with Crippen LogP contribution in [0.3, 0.4) is 0 Å². The van der Waals surface area contributed by atoms with E-state index in [2.05, 4.69) is 14.9 Å². The molecule has 1 aliphatic rings. The lowest BCUT2D eigenvalue weighted by Crippen LogP contribution is -2.28. The van der Waals surface area contributed by atoms with Gasteiger partial charge >= 0.3 is 0 Å². The number of carbonyl (C=O) groups excluding carboxylic acids is 2. The molecule has 7 heteroatoms. The molecule has 1 aromatic heterocycles. The minimum Gasteiger partial charge on any atom is -0.492 e. The van der Waals surface area contributed by atoms with Gasteiger partial charge in [0.15, 0.2) is 0 Å². The predicted octanol–water partition coefficient (Wildman–Crippen LogP) is 3.63. The van der Waals surface area contributed by atoms with Crippen LogP contribution in [0.5, 0.6) is 5.75 Å². The summed E-state index contributed by atoms with van der Waals surface area (Å²) in [5.41, 5.74) is 2.55. The maximum absolute atomic E-state index is 12.8. The number of aryl methyl sites for hydroxylation is 1. The Kier molecular flexibility index (Phi) is 6.02. The van der Waals surface area contributed by atoms with Crippen molar-refractivity contribution >= 4 is 23.2 Å². The molecule has 1 aliphatic heterocycles. The molecule has 4 rings (SSSR count). The lowest BCUT2D eigenvalue weighted by molar-refractivity contribution is -0.122. The Morgan fingerprint density at radius 1 is 1.19 bits per heavy atom. The van der Waals surface area contributed by atoms with Gasteiger partial charge in [0.25, 0.3) is 0 Å². The van der Waals surface area contributed by atoms with Crippen LogP contribution in [0.2, 0.25) is 0 Å². The Labute approximate surface area is 181 Å². The van der Waals surface area contributed by atoms with E-state index in [1.807, 2.05) is 68.6 Å². The fourth-order valence-electron chi connectivity index (χ4n) is 3.78. The molecule has 2 aromatic carbocycles. The third-order valence-corrected chi connectivity index (χ3v) is 5.45. The molecule has 0 bridgehead atoms. The Bertz CT molecular complexity index is 1070. The number of amides is 2. The first-order valence-corrected chi connectivity index (χ1v) is 10.4. The van der Waals surface area contributed by atoms with Crippen LogP contribution >= 0.6 is 0 Å². The molecule has 1 saturated heterocycles. The highest BCUT2D eigenvalue weighted by atomic mass is 16.5. The van der Waals surface area contributed by atoms with Crippen LogP contribution < -0.4 is 15.0 Å². The monoisotopic (exact) mass is 418 g/mol. The van der Waals surface area contributed by atoms with E-state index in [0.29, 0.717) is 24.6 Å². The number of ether oxygens (including phenoxy) is 1. The number of rotatable bonds is 7. The molecule has 0 radical (unpaired) electrons. The molecule has 1 fully saturated rings. The van der Waals surface area contributed by atoms with Crippen molar-refractivity contribution in [3.8, 4) is 5.75 Å². The van der Waals surface area contributed by atoms with E-state index in [4.69, 9.17) is 4.74 Å². The van der Waals surface area contributed by atoms with Crippen molar-refractivity contribution < 1.29 is 14.3 Å². The van der Waals surface area contributed by atoms with Crippen molar-refractivity contribution in [1.29, 1.82) is 0 Å². The second-order valence-corrected chi connectivity index (χ2v) is 7.59. The van der Waals surface area contributed by atoms with Gasteiger partial charge in [-0.05, 0) is 43.7 Å². The molecule has 1 atom stereocenters. The second kappa shape index (κ2) is 9.04. The summed E-state index contributed by atoms with van der Waals surface area (Å²) in [5.74, 6) is 0.985. The maximum atomic E-state index is 12.8. The fraction of sp³-hybridized carbons (Fsp3) is 0.292. The topological polar surface area (TPSA) is 76.5 Å². The predicted molar refractivity (Wildman–Crippen MR) is 119 cm³/mol. The first-order chi connectivity index (χ1) is 15.0. The van der Waals surface area contributed by atoms with Crippen LogP contribution in [-0.2, 0) is 16.1 Å². The number of anilines is 2. The van der Waals surface area contributed by atoms with Crippen LogP contribution in [0.15, 0.2) is 60.9 Å². The summed E-state index contributed by atoms with van der Waals surface area (Å²) >= 11 is 0. The van der Waals surface area contributed by atoms with E-state index >= 15 is 0 Å². The SMILES string of the molecule is CCOc1ccccc1N1CC(C(=O)Nc2ccc(Cn3ccnc3C)cc2)CC1=O. The van der Waals surface area contributed by atoms with Crippen LogP contribution in [0.25, 0.3) is 0 Å². The molecule has 1 N–H and O–H groups in total. The third kappa shape index (κ3) is 4.60. The van der Waals surface area contributed by atoms with Gasteiger partial charge in [-0.3, -0.25) is 9.59 Å². The first kappa shape index (κ1) is 20.7. The highest BCUT2D eigenvalue weighted by Gasteiger charge is 2.36.